The van der Waals surface area contributed by atoms with Crippen LogP contribution < -0.4 is 5.32 Å². The Balaban J connectivity index is 2.90. The number of nitrogens with one attached hydrogen (secondary N) is 1. The SMILES string of the molecule is CCN(CC)C(=O)c1ccnc(NC)c1. The van der Waals surface area contributed by atoms with Crippen LogP contribution >= 0.6 is 0 Å². The van der Waals surface area contributed by atoms with E-state index < -0.39 is 0 Å². The van der Waals surface area contributed by atoms with Crippen LogP contribution in [0.2, 0.25) is 0 Å². The van der Waals surface area contributed by atoms with Crippen LogP contribution in [-0.4, -0.2) is 35.9 Å². The molecule has 0 bridgehead atoms. The van der Waals surface area contributed by atoms with Gasteiger partial charge in [-0.15, -0.1) is 0 Å². The molecule has 0 aromatic carbocycles. The van der Waals surface area contributed by atoms with Gasteiger partial charge < -0.3 is 10.2 Å². The number of anilines is 1. The summed E-state index contributed by atoms with van der Waals surface area (Å²) in [6.07, 6.45) is 1.64. The summed E-state index contributed by atoms with van der Waals surface area (Å²) in [6, 6.07) is 3.50. The van der Waals surface area contributed by atoms with Crippen LogP contribution in [0.5, 0.6) is 0 Å². The average Bonchev–Trinajstić information content (AvgIpc) is 2.30. The number of aromatic nitrogens is 1. The van der Waals surface area contributed by atoms with Gasteiger partial charge in [-0.05, 0) is 26.0 Å². The van der Waals surface area contributed by atoms with Gasteiger partial charge in [0, 0.05) is 31.9 Å². The minimum absolute atomic E-state index is 0.0545. The zero-order valence-electron chi connectivity index (χ0n) is 9.45. The first kappa shape index (κ1) is 11.5. The van der Waals surface area contributed by atoms with E-state index in [9.17, 15) is 4.79 Å². The van der Waals surface area contributed by atoms with Crippen molar-refractivity contribution in [3.63, 3.8) is 0 Å². The van der Waals surface area contributed by atoms with Gasteiger partial charge in [0.1, 0.15) is 5.82 Å². The van der Waals surface area contributed by atoms with Gasteiger partial charge in [0.15, 0.2) is 0 Å². The summed E-state index contributed by atoms with van der Waals surface area (Å²) in [5.41, 5.74) is 0.679. The Morgan fingerprint density at radius 2 is 2.13 bits per heavy atom. The topological polar surface area (TPSA) is 45.2 Å². The maximum Gasteiger partial charge on any atom is 0.254 e. The van der Waals surface area contributed by atoms with Crippen LogP contribution in [0.1, 0.15) is 24.2 Å². The molecule has 0 atom stereocenters. The van der Waals surface area contributed by atoms with Gasteiger partial charge in [-0.25, -0.2) is 4.98 Å². The zero-order chi connectivity index (χ0) is 11.3. The van der Waals surface area contributed by atoms with Gasteiger partial charge in [0.05, 0.1) is 0 Å². The van der Waals surface area contributed by atoms with Crippen molar-refractivity contribution in [3.05, 3.63) is 23.9 Å². The zero-order valence-corrected chi connectivity index (χ0v) is 9.45. The summed E-state index contributed by atoms with van der Waals surface area (Å²) in [4.78, 5) is 17.8. The third-order valence-electron chi connectivity index (χ3n) is 2.31. The quantitative estimate of drug-likeness (QED) is 0.815. The Morgan fingerprint density at radius 1 is 1.47 bits per heavy atom. The fraction of sp³-hybridized carbons (Fsp3) is 0.455. The molecule has 1 aromatic rings. The summed E-state index contributed by atoms with van der Waals surface area (Å²) < 4.78 is 0. The number of carbonyl (C=O) groups excluding carboxylic acids is 1. The van der Waals surface area contributed by atoms with Gasteiger partial charge in [0.25, 0.3) is 5.91 Å². The normalized spacial score (nSPS) is 9.80. The van der Waals surface area contributed by atoms with E-state index in [4.69, 9.17) is 0 Å². The monoisotopic (exact) mass is 207 g/mol. The summed E-state index contributed by atoms with van der Waals surface area (Å²) in [6.45, 7) is 5.40. The molecule has 1 amide bonds. The molecule has 4 heteroatoms. The molecule has 0 radical (unpaired) electrons. The Hall–Kier alpha value is -1.58. The average molecular weight is 207 g/mol. The molecule has 4 nitrogen and oxygen atoms in total. The van der Waals surface area contributed by atoms with E-state index in [0.29, 0.717) is 11.4 Å². The number of hydrogen-bond acceptors (Lipinski definition) is 3. The van der Waals surface area contributed by atoms with Crippen molar-refractivity contribution in [2.75, 3.05) is 25.5 Å². The molecule has 0 unspecified atom stereocenters. The molecular formula is C11H17N3O. The van der Waals surface area contributed by atoms with E-state index in [1.807, 2.05) is 13.8 Å². The van der Waals surface area contributed by atoms with E-state index in [1.165, 1.54) is 0 Å². The first-order chi connectivity index (χ1) is 7.22. The highest BCUT2D eigenvalue weighted by atomic mass is 16.2. The Morgan fingerprint density at radius 3 is 2.67 bits per heavy atom. The lowest BCUT2D eigenvalue weighted by Crippen LogP contribution is -2.30. The first-order valence-electron chi connectivity index (χ1n) is 5.16. The number of hydrogen-bond donors (Lipinski definition) is 1. The van der Waals surface area contributed by atoms with Gasteiger partial charge in [-0.2, -0.15) is 0 Å². The highest BCUT2D eigenvalue weighted by molar-refractivity contribution is 5.94. The van der Waals surface area contributed by atoms with Crippen LogP contribution in [0, 0.1) is 0 Å². The number of nitrogens with zero attached hydrogens (tertiary/aromatic N) is 2. The molecule has 0 aliphatic heterocycles. The minimum Gasteiger partial charge on any atom is -0.373 e. The van der Waals surface area contributed by atoms with Crippen LogP contribution in [-0.2, 0) is 0 Å². The molecular weight excluding hydrogens is 190 g/mol. The first-order valence-corrected chi connectivity index (χ1v) is 5.16. The highest BCUT2D eigenvalue weighted by Gasteiger charge is 2.12. The van der Waals surface area contributed by atoms with Crippen molar-refractivity contribution in [1.29, 1.82) is 0 Å². The second-order valence-corrected chi connectivity index (χ2v) is 3.16. The van der Waals surface area contributed by atoms with Crippen LogP contribution in [0.15, 0.2) is 18.3 Å². The third-order valence-corrected chi connectivity index (χ3v) is 2.31. The minimum atomic E-state index is 0.0545. The summed E-state index contributed by atoms with van der Waals surface area (Å²) >= 11 is 0. The third kappa shape index (κ3) is 2.68. The highest BCUT2D eigenvalue weighted by Crippen LogP contribution is 2.08. The van der Waals surface area contributed by atoms with E-state index in [1.54, 1.807) is 30.3 Å². The Bertz CT molecular complexity index is 334. The van der Waals surface area contributed by atoms with Crippen molar-refractivity contribution in [1.82, 2.24) is 9.88 Å². The van der Waals surface area contributed by atoms with Gasteiger partial charge in [0.2, 0.25) is 0 Å². The fourth-order valence-electron chi connectivity index (χ4n) is 1.39. The molecule has 0 saturated carbocycles. The molecule has 0 aliphatic rings. The molecule has 1 rings (SSSR count). The second kappa shape index (κ2) is 5.34. The molecule has 1 N–H and O–H groups in total. The molecule has 0 aliphatic carbocycles. The van der Waals surface area contributed by atoms with Gasteiger partial charge >= 0.3 is 0 Å². The van der Waals surface area contributed by atoms with Crippen LogP contribution in [0.3, 0.4) is 0 Å². The molecule has 82 valence electrons. The molecule has 0 saturated heterocycles. The predicted molar refractivity (Wildman–Crippen MR) is 61.0 cm³/mol. The molecule has 0 fully saturated rings. The standard InChI is InChI=1S/C11H17N3O/c1-4-14(5-2)11(15)9-6-7-13-10(8-9)12-3/h6-8H,4-5H2,1-3H3,(H,12,13). The number of pyridine rings is 1. The van der Waals surface area contributed by atoms with Crippen molar-refractivity contribution >= 4 is 11.7 Å². The Labute approximate surface area is 90.3 Å². The molecule has 15 heavy (non-hydrogen) atoms. The van der Waals surface area contributed by atoms with Gasteiger partial charge in [-0.3, -0.25) is 4.79 Å². The van der Waals surface area contributed by atoms with E-state index in [-0.39, 0.29) is 5.91 Å². The van der Waals surface area contributed by atoms with Gasteiger partial charge in [-0.1, -0.05) is 0 Å². The lowest BCUT2D eigenvalue weighted by Gasteiger charge is -2.18. The lowest BCUT2D eigenvalue weighted by molar-refractivity contribution is 0.0773. The molecule has 1 aromatic heterocycles. The van der Waals surface area contributed by atoms with Crippen molar-refractivity contribution < 1.29 is 4.79 Å². The lowest BCUT2D eigenvalue weighted by atomic mass is 10.2. The Kier molecular flexibility index (Phi) is 4.09. The summed E-state index contributed by atoms with van der Waals surface area (Å²) in [5, 5.41) is 2.92. The van der Waals surface area contributed by atoms with Crippen molar-refractivity contribution in [2.45, 2.75) is 13.8 Å². The van der Waals surface area contributed by atoms with E-state index in [2.05, 4.69) is 10.3 Å². The number of amides is 1. The predicted octanol–water partition coefficient (Wildman–Crippen LogP) is 1.61. The van der Waals surface area contributed by atoms with Crippen LogP contribution in [0.4, 0.5) is 5.82 Å². The smallest absolute Gasteiger partial charge is 0.254 e. The van der Waals surface area contributed by atoms with Crippen molar-refractivity contribution in [2.24, 2.45) is 0 Å². The maximum atomic E-state index is 11.9. The summed E-state index contributed by atoms with van der Waals surface area (Å²) in [7, 11) is 1.79. The number of rotatable bonds is 4. The largest absolute Gasteiger partial charge is 0.373 e. The van der Waals surface area contributed by atoms with E-state index in [0.717, 1.165) is 13.1 Å². The maximum absolute atomic E-state index is 11.9. The second-order valence-electron chi connectivity index (χ2n) is 3.16. The molecule has 0 spiro atoms. The number of carbonyl (C=O) groups is 1. The fourth-order valence-corrected chi connectivity index (χ4v) is 1.39. The summed E-state index contributed by atoms with van der Waals surface area (Å²) in [5.74, 6) is 0.770. The molecule has 1 heterocycles. The van der Waals surface area contributed by atoms with E-state index >= 15 is 0 Å². The van der Waals surface area contributed by atoms with Crippen molar-refractivity contribution in [3.8, 4) is 0 Å². The van der Waals surface area contributed by atoms with Crippen LogP contribution in [0.25, 0.3) is 0 Å².